The molecule has 2 aromatic carbocycles. The molecule has 0 amide bonds. The van der Waals surface area contributed by atoms with E-state index in [4.69, 9.17) is 5.11 Å². The Labute approximate surface area is 111 Å². The Hall–Kier alpha value is -2.42. The second-order valence-electron chi connectivity index (χ2n) is 4.24. The number of benzene rings is 2. The van der Waals surface area contributed by atoms with E-state index in [1.54, 1.807) is 30.3 Å². The predicted octanol–water partition coefficient (Wildman–Crippen LogP) is 3.64. The maximum absolute atomic E-state index is 11.5. The van der Waals surface area contributed by atoms with Crippen LogP contribution in [-0.2, 0) is 0 Å². The highest BCUT2D eigenvalue weighted by Gasteiger charge is 2.06. The summed E-state index contributed by atoms with van der Waals surface area (Å²) in [6.07, 6.45) is 0.480. The molecule has 1 N–H and O–H groups in total. The summed E-state index contributed by atoms with van der Waals surface area (Å²) in [5.74, 6) is -0.842. The van der Waals surface area contributed by atoms with Crippen LogP contribution in [-0.4, -0.2) is 16.9 Å². The molecule has 96 valence electrons. The molecule has 0 saturated heterocycles. The molecular weight excluding hydrogens is 240 g/mol. The number of carbonyl (C=O) groups excluding carboxylic acids is 1. The van der Waals surface area contributed by atoms with Gasteiger partial charge < -0.3 is 5.11 Å². The van der Waals surface area contributed by atoms with Crippen LogP contribution in [0.4, 0.5) is 0 Å². The van der Waals surface area contributed by atoms with Gasteiger partial charge in [0.2, 0.25) is 0 Å². The first-order valence-corrected chi connectivity index (χ1v) is 6.09. The lowest BCUT2D eigenvalue weighted by Gasteiger charge is -2.04. The average Bonchev–Trinajstić information content (AvgIpc) is 2.46. The zero-order valence-corrected chi connectivity index (χ0v) is 10.6. The van der Waals surface area contributed by atoms with Gasteiger partial charge in [0.05, 0.1) is 5.56 Å². The minimum Gasteiger partial charge on any atom is -0.478 e. The van der Waals surface area contributed by atoms with Gasteiger partial charge in [-0.2, -0.15) is 0 Å². The number of ketones is 1. The zero-order chi connectivity index (χ0) is 13.8. The summed E-state index contributed by atoms with van der Waals surface area (Å²) in [6.45, 7) is 1.83. The fourth-order valence-electron chi connectivity index (χ4n) is 1.88. The standard InChI is InChI=1S/C16H14O3/c1-2-15(17)12-8-6-11(7-9-12)13-4-3-5-14(10-13)16(18)19/h3-10H,2H2,1H3,(H,18,19). The van der Waals surface area contributed by atoms with Gasteiger partial charge in [0.1, 0.15) is 0 Å². The van der Waals surface area contributed by atoms with Crippen molar-refractivity contribution in [1.29, 1.82) is 0 Å². The number of hydrogen-bond acceptors (Lipinski definition) is 2. The van der Waals surface area contributed by atoms with Crippen LogP contribution in [0.5, 0.6) is 0 Å². The molecule has 0 unspecified atom stereocenters. The maximum atomic E-state index is 11.5. The quantitative estimate of drug-likeness (QED) is 0.847. The molecule has 2 rings (SSSR count). The molecule has 2 aromatic rings. The van der Waals surface area contributed by atoms with Crippen molar-refractivity contribution in [3.05, 3.63) is 59.7 Å². The topological polar surface area (TPSA) is 54.4 Å². The smallest absolute Gasteiger partial charge is 0.335 e. The molecule has 19 heavy (non-hydrogen) atoms. The number of aromatic carboxylic acids is 1. The van der Waals surface area contributed by atoms with Crippen LogP contribution in [0, 0.1) is 0 Å². The molecule has 0 aliphatic rings. The van der Waals surface area contributed by atoms with Crippen molar-refractivity contribution in [3.63, 3.8) is 0 Å². The van der Waals surface area contributed by atoms with E-state index in [1.807, 2.05) is 25.1 Å². The van der Waals surface area contributed by atoms with Crippen molar-refractivity contribution in [2.24, 2.45) is 0 Å². The highest BCUT2D eigenvalue weighted by molar-refractivity contribution is 5.96. The van der Waals surface area contributed by atoms with Crippen LogP contribution < -0.4 is 0 Å². The van der Waals surface area contributed by atoms with E-state index in [0.29, 0.717) is 12.0 Å². The van der Waals surface area contributed by atoms with E-state index >= 15 is 0 Å². The van der Waals surface area contributed by atoms with Gasteiger partial charge in [-0.05, 0) is 23.3 Å². The van der Waals surface area contributed by atoms with Gasteiger partial charge in [0, 0.05) is 12.0 Å². The lowest BCUT2D eigenvalue weighted by molar-refractivity contribution is 0.0696. The number of rotatable bonds is 4. The number of carbonyl (C=O) groups is 2. The largest absolute Gasteiger partial charge is 0.478 e. The Kier molecular flexibility index (Phi) is 3.76. The fraction of sp³-hybridized carbons (Fsp3) is 0.125. The molecule has 0 radical (unpaired) electrons. The maximum Gasteiger partial charge on any atom is 0.335 e. The van der Waals surface area contributed by atoms with Crippen LogP contribution in [0.2, 0.25) is 0 Å². The SMILES string of the molecule is CCC(=O)c1ccc(-c2cccc(C(=O)O)c2)cc1. The van der Waals surface area contributed by atoms with Gasteiger partial charge in [-0.1, -0.05) is 43.3 Å². The van der Waals surface area contributed by atoms with E-state index in [1.165, 1.54) is 0 Å². The third kappa shape index (κ3) is 2.88. The van der Waals surface area contributed by atoms with Crippen LogP contribution in [0.15, 0.2) is 48.5 Å². The van der Waals surface area contributed by atoms with Crippen molar-refractivity contribution in [1.82, 2.24) is 0 Å². The molecule has 0 aromatic heterocycles. The third-order valence-corrected chi connectivity index (χ3v) is 2.97. The van der Waals surface area contributed by atoms with Gasteiger partial charge in [-0.15, -0.1) is 0 Å². The normalized spacial score (nSPS) is 10.2. The van der Waals surface area contributed by atoms with Crippen LogP contribution in [0.3, 0.4) is 0 Å². The van der Waals surface area contributed by atoms with Gasteiger partial charge in [0.15, 0.2) is 5.78 Å². The van der Waals surface area contributed by atoms with Gasteiger partial charge >= 0.3 is 5.97 Å². The number of hydrogen-bond donors (Lipinski definition) is 1. The zero-order valence-electron chi connectivity index (χ0n) is 10.6. The molecule has 0 spiro atoms. The highest BCUT2D eigenvalue weighted by atomic mass is 16.4. The molecule has 3 heteroatoms. The van der Waals surface area contributed by atoms with Crippen LogP contribution >= 0.6 is 0 Å². The molecule has 3 nitrogen and oxygen atoms in total. The van der Waals surface area contributed by atoms with E-state index in [2.05, 4.69) is 0 Å². The first-order chi connectivity index (χ1) is 9.11. The predicted molar refractivity (Wildman–Crippen MR) is 73.5 cm³/mol. The minimum absolute atomic E-state index is 0.103. The third-order valence-electron chi connectivity index (χ3n) is 2.97. The molecule has 0 bridgehead atoms. The summed E-state index contributed by atoms with van der Waals surface area (Å²) in [7, 11) is 0. The van der Waals surface area contributed by atoms with Crippen molar-refractivity contribution < 1.29 is 14.7 Å². The molecular formula is C16H14O3. The monoisotopic (exact) mass is 254 g/mol. The second kappa shape index (κ2) is 5.48. The summed E-state index contributed by atoms with van der Waals surface area (Å²) < 4.78 is 0. The Morgan fingerprint density at radius 1 is 0.947 bits per heavy atom. The summed E-state index contributed by atoms with van der Waals surface area (Å²) in [5, 5.41) is 8.96. The lowest BCUT2D eigenvalue weighted by Crippen LogP contribution is -1.97. The molecule has 0 fully saturated rings. The summed E-state index contributed by atoms with van der Waals surface area (Å²) in [6, 6.07) is 14.0. The van der Waals surface area contributed by atoms with Crippen molar-refractivity contribution in [2.45, 2.75) is 13.3 Å². The first-order valence-electron chi connectivity index (χ1n) is 6.09. The van der Waals surface area contributed by atoms with E-state index in [9.17, 15) is 9.59 Å². The van der Waals surface area contributed by atoms with Gasteiger partial charge in [-0.25, -0.2) is 4.79 Å². The Balaban J connectivity index is 2.34. The first kappa shape index (κ1) is 13.0. The van der Waals surface area contributed by atoms with Crippen molar-refractivity contribution in [3.8, 4) is 11.1 Å². The number of Topliss-reactive ketones (excluding diaryl/α,β-unsaturated/α-hetero) is 1. The summed E-state index contributed by atoms with van der Waals surface area (Å²) in [4.78, 5) is 22.4. The number of carboxylic acid groups (broad SMARTS) is 1. The molecule has 0 aliphatic carbocycles. The second-order valence-corrected chi connectivity index (χ2v) is 4.24. The van der Waals surface area contributed by atoms with E-state index < -0.39 is 5.97 Å². The van der Waals surface area contributed by atoms with E-state index in [0.717, 1.165) is 11.1 Å². The Bertz CT molecular complexity index is 612. The lowest BCUT2D eigenvalue weighted by atomic mass is 10.0. The Morgan fingerprint density at radius 2 is 1.63 bits per heavy atom. The minimum atomic E-state index is -0.945. The number of carboxylic acids is 1. The molecule has 0 heterocycles. The van der Waals surface area contributed by atoms with Crippen molar-refractivity contribution >= 4 is 11.8 Å². The molecule has 0 atom stereocenters. The Morgan fingerprint density at radius 3 is 2.21 bits per heavy atom. The summed E-state index contributed by atoms with van der Waals surface area (Å²) >= 11 is 0. The van der Waals surface area contributed by atoms with Gasteiger partial charge in [-0.3, -0.25) is 4.79 Å². The van der Waals surface area contributed by atoms with Crippen LogP contribution in [0.25, 0.3) is 11.1 Å². The van der Waals surface area contributed by atoms with E-state index in [-0.39, 0.29) is 11.3 Å². The van der Waals surface area contributed by atoms with Crippen LogP contribution in [0.1, 0.15) is 34.1 Å². The van der Waals surface area contributed by atoms with Gasteiger partial charge in [0.25, 0.3) is 0 Å². The fourth-order valence-corrected chi connectivity index (χ4v) is 1.88. The molecule has 0 saturated carbocycles. The highest BCUT2D eigenvalue weighted by Crippen LogP contribution is 2.21. The average molecular weight is 254 g/mol. The molecule has 0 aliphatic heterocycles. The van der Waals surface area contributed by atoms with Crippen molar-refractivity contribution in [2.75, 3.05) is 0 Å². The summed E-state index contributed by atoms with van der Waals surface area (Å²) in [5.41, 5.74) is 2.66.